The molecule has 3 aromatic rings. The summed E-state index contributed by atoms with van der Waals surface area (Å²) in [4.78, 5) is 4.35. The van der Waals surface area contributed by atoms with Crippen LogP contribution in [0, 0.1) is 13.8 Å². The second-order valence-corrected chi connectivity index (χ2v) is 5.49. The molecule has 0 saturated carbocycles. The van der Waals surface area contributed by atoms with Crippen molar-refractivity contribution in [1.82, 2.24) is 10.1 Å². The Labute approximate surface area is 133 Å². The van der Waals surface area contributed by atoms with E-state index < -0.39 is 0 Å². The van der Waals surface area contributed by atoms with E-state index in [9.17, 15) is 0 Å². The molecule has 0 aliphatic rings. The van der Waals surface area contributed by atoms with E-state index in [1.54, 1.807) is 6.07 Å². The number of halogens is 1. The second kappa shape index (κ2) is 6.20. The average Bonchev–Trinajstić information content (AvgIpc) is 2.97. The first kappa shape index (κ1) is 14.6. The summed E-state index contributed by atoms with van der Waals surface area (Å²) in [6.45, 7) is 4.17. The van der Waals surface area contributed by atoms with Gasteiger partial charge in [-0.05, 0) is 43.7 Å². The van der Waals surface area contributed by atoms with Gasteiger partial charge in [-0.1, -0.05) is 40.5 Å². The molecule has 1 heterocycles. The molecular formula is C17H15ClN2O2. The maximum atomic E-state index is 5.99. The Bertz CT molecular complexity index is 799. The van der Waals surface area contributed by atoms with Gasteiger partial charge in [0.25, 0.3) is 5.89 Å². The summed E-state index contributed by atoms with van der Waals surface area (Å²) < 4.78 is 10.9. The quantitative estimate of drug-likeness (QED) is 0.707. The number of rotatable bonds is 4. The molecule has 22 heavy (non-hydrogen) atoms. The van der Waals surface area contributed by atoms with Gasteiger partial charge in [0, 0.05) is 10.6 Å². The van der Waals surface area contributed by atoms with Gasteiger partial charge < -0.3 is 9.26 Å². The summed E-state index contributed by atoms with van der Waals surface area (Å²) in [6.07, 6.45) is 0. The van der Waals surface area contributed by atoms with Gasteiger partial charge in [-0.3, -0.25) is 0 Å². The van der Waals surface area contributed by atoms with Crippen LogP contribution in [0.5, 0.6) is 5.75 Å². The zero-order valence-corrected chi connectivity index (χ0v) is 13.1. The van der Waals surface area contributed by atoms with Crippen LogP contribution in [0.4, 0.5) is 0 Å². The lowest BCUT2D eigenvalue weighted by atomic mass is 10.1. The molecule has 1 aromatic heterocycles. The molecule has 0 aliphatic heterocycles. The van der Waals surface area contributed by atoms with E-state index in [1.165, 1.54) is 0 Å². The molecule has 112 valence electrons. The number of aromatic nitrogens is 2. The van der Waals surface area contributed by atoms with E-state index in [0.29, 0.717) is 16.7 Å². The van der Waals surface area contributed by atoms with E-state index >= 15 is 0 Å². The summed E-state index contributed by atoms with van der Waals surface area (Å²) >= 11 is 5.99. The van der Waals surface area contributed by atoms with Crippen LogP contribution in [0.25, 0.3) is 11.4 Å². The molecule has 0 fully saturated rings. The van der Waals surface area contributed by atoms with Gasteiger partial charge in [0.1, 0.15) is 5.75 Å². The molecule has 0 N–H and O–H groups in total. The maximum Gasteiger partial charge on any atom is 0.264 e. The second-order valence-electron chi connectivity index (χ2n) is 5.08. The topological polar surface area (TPSA) is 48.2 Å². The van der Waals surface area contributed by atoms with Gasteiger partial charge in [-0.2, -0.15) is 4.98 Å². The predicted octanol–water partition coefficient (Wildman–Crippen LogP) is 4.59. The SMILES string of the molecule is Cc1cccc(-c2noc(COc3ccc(Cl)c(C)c3)n2)c1. The average molecular weight is 315 g/mol. The van der Waals surface area contributed by atoms with E-state index in [0.717, 1.165) is 22.4 Å². The summed E-state index contributed by atoms with van der Waals surface area (Å²) in [5.74, 6) is 1.72. The Morgan fingerprint density at radius 2 is 2.00 bits per heavy atom. The van der Waals surface area contributed by atoms with Crippen LogP contribution >= 0.6 is 11.6 Å². The molecular weight excluding hydrogens is 300 g/mol. The molecule has 5 heteroatoms. The normalized spacial score (nSPS) is 10.7. The number of hydrogen-bond acceptors (Lipinski definition) is 4. The zero-order chi connectivity index (χ0) is 15.5. The Hall–Kier alpha value is -2.33. The standard InChI is InChI=1S/C17H15ClN2O2/c1-11-4-3-5-13(8-11)17-19-16(22-20-17)10-21-14-6-7-15(18)12(2)9-14/h3-9H,10H2,1-2H3. The highest BCUT2D eigenvalue weighted by Crippen LogP contribution is 2.22. The van der Waals surface area contributed by atoms with Crippen LogP contribution in [0.1, 0.15) is 17.0 Å². The minimum atomic E-state index is 0.222. The van der Waals surface area contributed by atoms with Gasteiger partial charge in [-0.15, -0.1) is 0 Å². The smallest absolute Gasteiger partial charge is 0.264 e. The summed E-state index contributed by atoms with van der Waals surface area (Å²) in [7, 11) is 0. The minimum Gasteiger partial charge on any atom is -0.484 e. The van der Waals surface area contributed by atoms with Crippen molar-refractivity contribution in [2.24, 2.45) is 0 Å². The fourth-order valence-corrected chi connectivity index (χ4v) is 2.18. The Kier molecular flexibility index (Phi) is 4.11. The molecule has 0 radical (unpaired) electrons. The van der Waals surface area contributed by atoms with E-state index in [-0.39, 0.29) is 6.61 Å². The Balaban J connectivity index is 1.70. The molecule has 0 saturated heterocycles. The molecule has 0 atom stereocenters. The molecule has 3 rings (SSSR count). The molecule has 0 spiro atoms. The van der Waals surface area contributed by atoms with Crippen LogP contribution < -0.4 is 4.74 Å². The maximum absolute atomic E-state index is 5.99. The van der Waals surface area contributed by atoms with Crippen LogP contribution in [0.2, 0.25) is 5.02 Å². The molecule has 2 aromatic carbocycles. The highest BCUT2D eigenvalue weighted by atomic mass is 35.5. The lowest BCUT2D eigenvalue weighted by Gasteiger charge is -2.04. The molecule has 4 nitrogen and oxygen atoms in total. The zero-order valence-electron chi connectivity index (χ0n) is 12.3. The number of nitrogens with zero attached hydrogens (tertiary/aromatic N) is 2. The molecule has 0 bridgehead atoms. The number of ether oxygens (including phenoxy) is 1. The van der Waals surface area contributed by atoms with Gasteiger partial charge in [0.2, 0.25) is 5.82 Å². The van der Waals surface area contributed by atoms with Gasteiger partial charge in [0.05, 0.1) is 0 Å². The predicted molar refractivity (Wildman–Crippen MR) is 85.0 cm³/mol. The minimum absolute atomic E-state index is 0.222. The van der Waals surface area contributed by atoms with Crippen LogP contribution in [0.15, 0.2) is 47.0 Å². The lowest BCUT2D eigenvalue weighted by Crippen LogP contribution is -1.96. The van der Waals surface area contributed by atoms with Crippen molar-refractivity contribution in [3.63, 3.8) is 0 Å². The summed E-state index contributed by atoms with van der Waals surface area (Å²) in [5, 5.41) is 4.70. The van der Waals surface area contributed by atoms with Crippen LogP contribution in [-0.4, -0.2) is 10.1 Å². The Morgan fingerprint density at radius 3 is 2.77 bits per heavy atom. The summed E-state index contributed by atoms with van der Waals surface area (Å²) in [6, 6.07) is 13.4. The number of aryl methyl sites for hydroxylation is 2. The van der Waals surface area contributed by atoms with Gasteiger partial charge in [0.15, 0.2) is 6.61 Å². The fraction of sp³-hybridized carbons (Fsp3) is 0.176. The largest absolute Gasteiger partial charge is 0.484 e. The fourth-order valence-electron chi connectivity index (χ4n) is 2.07. The van der Waals surface area contributed by atoms with Crippen LogP contribution in [0.3, 0.4) is 0 Å². The first-order chi connectivity index (χ1) is 10.6. The third-order valence-electron chi connectivity index (χ3n) is 3.24. The highest BCUT2D eigenvalue weighted by Gasteiger charge is 2.09. The van der Waals surface area contributed by atoms with Crippen molar-refractivity contribution >= 4 is 11.6 Å². The van der Waals surface area contributed by atoms with Crippen molar-refractivity contribution < 1.29 is 9.26 Å². The highest BCUT2D eigenvalue weighted by molar-refractivity contribution is 6.31. The van der Waals surface area contributed by atoms with Crippen LogP contribution in [-0.2, 0) is 6.61 Å². The van der Waals surface area contributed by atoms with E-state index in [1.807, 2.05) is 50.2 Å². The van der Waals surface area contributed by atoms with Crippen molar-refractivity contribution in [3.05, 3.63) is 64.5 Å². The van der Waals surface area contributed by atoms with E-state index in [2.05, 4.69) is 10.1 Å². The molecule has 0 unspecified atom stereocenters. The summed E-state index contributed by atoms with van der Waals surface area (Å²) in [5.41, 5.74) is 3.04. The van der Waals surface area contributed by atoms with Crippen molar-refractivity contribution in [1.29, 1.82) is 0 Å². The van der Waals surface area contributed by atoms with Crippen molar-refractivity contribution in [2.45, 2.75) is 20.5 Å². The first-order valence-electron chi connectivity index (χ1n) is 6.90. The van der Waals surface area contributed by atoms with E-state index in [4.69, 9.17) is 20.9 Å². The number of hydrogen-bond donors (Lipinski definition) is 0. The Morgan fingerprint density at radius 1 is 1.14 bits per heavy atom. The monoisotopic (exact) mass is 314 g/mol. The third-order valence-corrected chi connectivity index (χ3v) is 3.66. The lowest BCUT2D eigenvalue weighted by molar-refractivity contribution is 0.243. The van der Waals surface area contributed by atoms with Crippen molar-refractivity contribution in [3.8, 4) is 17.1 Å². The molecule has 0 amide bonds. The third kappa shape index (κ3) is 3.28. The molecule has 0 aliphatic carbocycles. The first-order valence-corrected chi connectivity index (χ1v) is 7.28. The van der Waals surface area contributed by atoms with Gasteiger partial charge in [-0.25, -0.2) is 0 Å². The van der Waals surface area contributed by atoms with Crippen molar-refractivity contribution in [2.75, 3.05) is 0 Å². The van der Waals surface area contributed by atoms with Gasteiger partial charge >= 0.3 is 0 Å². The number of benzene rings is 2.